The average Bonchev–Trinajstić information content (AvgIpc) is 2.68. The molecule has 2 heterocycles. The molecule has 0 saturated heterocycles. The number of aromatic nitrogens is 1. The van der Waals surface area contributed by atoms with Crippen LogP contribution in [0.25, 0.3) is 10.9 Å². The van der Waals surface area contributed by atoms with Gasteiger partial charge in [-0.2, -0.15) is 4.57 Å². The first-order chi connectivity index (χ1) is 7.74. The molecule has 1 aromatic heterocycles. The molecule has 2 aromatic rings. The summed E-state index contributed by atoms with van der Waals surface area (Å²) in [6, 6.07) is 13.0. The fourth-order valence-corrected chi connectivity index (χ4v) is 5.05. The monoisotopic (exact) mass is 406 g/mol. The predicted octanol–water partition coefficient (Wildman–Crippen LogP) is 3.72. The van der Waals surface area contributed by atoms with E-state index in [1.165, 1.54) is 15.9 Å². The highest BCUT2D eigenvalue weighted by Gasteiger charge is 2.45. The number of nitrogens with zero attached hydrogens (tertiary/aromatic N) is 1. The van der Waals surface area contributed by atoms with E-state index in [1.807, 2.05) is 11.8 Å². The van der Waals surface area contributed by atoms with E-state index in [1.54, 1.807) is 0 Å². The molecular weight excluding hydrogens is 397 g/mol. The zero-order valence-corrected chi connectivity index (χ0v) is 13.0. The topological polar surface area (TPSA) is 3.88 Å². The lowest BCUT2D eigenvalue weighted by molar-refractivity contribution is -0.730. The van der Waals surface area contributed by atoms with Crippen LogP contribution in [0.15, 0.2) is 41.4 Å². The lowest BCUT2D eigenvalue weighted by atomic mass is 10.2. The number of pyridine rings is 1. The molecule has 16 heavy (non-hydrogen) atoms. The van der Waals surface area contributed by atoms with Gasteiger partial charge >= 0.3 is 0 Å². The van der Waals surface area contributed by atoms with E-state index in [4.69, 9.17) is 0 Å². The van der Waals surface area contributed by atoms with Gasteiger partial charge in [-0.1, -0.05) is 34.7 Å². The third-order valence-corrected chi connectivity index (χ3v) is 7.68. The number of hydrogen-bond acceptors (Lipinski definition) is 1. The van der Waals surface area contributed by atoms with Crippen LogP contribution in [0.3, 0.4) is 0 Å². The summed E-state index contributed by atoms with van der Waals surface area (Å²) < 4.78 is 3.58. The summed E-state index contributed by atoms with van der Waals surface area (Å²) in [5.41, 5.74) is 1.32. The predicted molar refractivity (Wildman–Crippen MR) is 80.7 cm³/mol. The van der Waals surface area contributed by atoms with Crippen molar-refractivity contribution < 1.29 is 4.57 Å². The van der Waals surface area contributed by atoms with Crippen molar-refractivity contribution in [3.63, 3.8) is 0 Å². The van der Waals surface area contributed by atoms with Crippen molar-refractivity contribution in [3.8, 4) is 0 Å². The van der Waals surface area contributed by atoms with E-state index >= 15 is 0 Å². The number of thioether (sulfide) groups is 1. The quantitative estimate of drug-likeness (QED) is 0.396. The van der Waals surface area contributed by atoms with Crippen LogP contribution in [0.5, 0.6) is 0 Å². The van der Waals surface area contributed by atoms with Crippen LogP contribution in [0.1, 0.15) is 0 Å². The largest absolute Gasteiger partial charge is 0.242 e. The maximum atomic E-state index is 3.90. The molecule has 1 aliphatic rings. The molecule has 0 bridgehead atoms. The van der Waals surface area contributed by atoms with E-state index in [2.05, 4.69) is 79.5 Å². The van der Waals surface area contributed by atoms with Gasteiger partial charge in [0.15, 0.2) is 0 Å². The molecule has 3 rings (SSSR count). The van der Waals surface area contributed by atoms with E-state index in [0.717, 1.165) is 10.2 Å². The van der Waals surface area contributed by atoms with Gasteiger partial charge in [-0.25, -0.2) is 0 Å². The SMILES string of the molecule is BrC1(CI)CSc2ccc3ccccc3[n+]21. The number of halogens is 2. The van der Waals surface area contributed by atoms with Crippen LogP contribution in [-0.2, 0) is 4.45 Å². The normalized spacial score (nSPS) is 23.6. The number of rotatable bonds is 1. The molecule has 0 amide bonds. The molecule has 1 aromatic carbocycles. The van der Waals surface area contributed by atoms with E-state index in [-0.39, 0.29) is 4.45 Å². The summed E-state index contributed by atoms with van der Waals surface area (Å²) in [5.74, 6) is 1.10. The summed E-state index contributed by atoms with van der Waals surface area (Å²) in [6.07, 6.45) is 0. The Morgan fingerprint density at radius 1 is 1.31 bits per heavy atom. The molecule has 82 valence electrons. The molecule has 1 aliphatic heterocycles. The molecule has 0 spiro atoms. The number of para-hydroxylation sites is 1. The fraction of sp³-hybridized carbons (Fsp3) is 0.250. The zero-order chi connectivity index (χ0) is 11.2. The highest BCUT2D eigenvalue weighted by molar-refractivity contribution is 14.1. The molecule has 1 unspecified atom stereocenters. The fourth-order valence-electron chi connectivity index (χ4n) is 2.06. The minimum absolute atomic E-state index is 0.0778. The molecule has 0 N–H and O–H groups in total. The standard InChI is InChI=1S/C12H10BrINS/c13-12(7-14)8-16-11-6-5-9-3-1-2-4-10(9)15(11)12/h1-6H,7-8H2/q+1. The second kappa shape index (κ2) is 4.14. The Bertz CT molecular complexity index is 560. The smallest absolute Gasteiger partial charge is 0.169 e. The van der Waals surface area contributed by atoms with Crippen LogP contribution in [-0.4, -0.2) is 10.2 Å². The van der Waals surface area contributed by atoms with Gasteiger partial charge in [0.1, 0.15) is 0 Å². The van der Waals surface area contributed by atoms with Crippen molar-refractivity contribution in [2.45, 2.75) is 9.47 Å². The van der Waals surface area contributed by atoms with Crippen molar-refractivity contribution >= 4 is 61.2 Å². The Kier molecular flexibility index (Phi) is 2.92. The highest BCUT2D eigenvalue weighted by atomic mass is 127. The first-order valence-electron chi connectivity index (χ1n) is 5.07. The molecular formula is C12H10BrINS+. The Hall–Kier alpha value is 0.190. The summed E-state index contributed by atoms with van der Waals surface area (Å²) >= 11 is 8.28. The van der Waals surface area contributed by atoms with Gasteiger partial charge in [-0.05, 0) is 39.8 Å². The van der Waals surface area contributed by atoms with Crippen LogP contribution in [0.2, 0.25) is 0 Å². The molecule has 4 heteroatoms. The van der Waals surface area contributed by atoms with Crippen molar-refractivity contribution in [3.05, 3.63) is 36.4 Å². The van der Waals surface area contributed by atoms with Gasteiger partial charge in [0, 0.05) is 17.5 Å². The maximum absolute atomic E-state index is 3.90. The lowest BCUT2D eigenvalue weighted by Gasteiger charge is -2.14. The van der Waals surface area contributed by atoms with Gasteiger partial charge in [0.25, 0.3) is 0 Å². The first kappa shape index (κ1) is 11.3. The second-order valence-corrected chi connectivity index (χ2v) is 7.14. The van der Waals surface area contributed by atoms with Crippen LogP contribution >= 0.6 is 50.3 Å². The number of fused-ring (bicyclic) bond motifs is 3. The Morgan fingerprint density at radius 3 is 2.94 bits per heavy atom. The highest BCUT2D eigenvalue weighted by Crippen LogP contribution is 2.38. The maximum Gasteiger partial charge on any atom is 0.242 e. The molecule has 0 fully saturated rings. The number of alkyl halides is 2. The average molecular weight is 407 g/mol. The minimum atomic E-state index is 0.0778. The van der Waals surface area contributed by atoms with E-state index in [9.17, 15) is 0 Å². The van der Waals surface area contributed by atoms with Gasteiger partial charge in [0.2, 0.25) is 15.0 Å². The lowest BCUT2D eigenvalue weighted by Crippen LogP contribution is -2.52. The minimum Gasteiger partial charge on any atom is -0.169 e. The second-order valence-electron chi connectivity index (χ2n) is 3.91. The van der Waals surface area contributed by atoms with Gasteiger partial charge in [-0.3, -0.25) is 0 Å². The van der Waals surface area contributed by atoms with E-state index < -0.39 is 0 Å². The van der Waals surface area contributed by atoms with Gasteiger partial charge in [-0.15, -0.1) is 0 Å². The van der Waals surface area contributed by atoms with Gasteiger partial charge in [0.05, 0.1) is 10.2 Å². The third-order valence-electron chi connectivity index (χ3n) is 2.85. The van der Waals surface area contributed by atoms with Crippen molar-refractivity contribution in [1.29, 1.82) is 0 Å². The van der Waals surface area contributed by atoms with Crippen molar-refractivity contribution in [1.82, 2.24) is 0 Å². The number of benzene rings is 1. The molecule has 0 radical (unpaired) electrons. The zero-order valence-electron chi connectivity index (χ0n) is 8.49. The van der Waals surface area contributed by atoms with E-state index in [0.29, 0.717) is 0 Å². The Balaban J connectivity index is 2.37. The molecule has 1 atom stereocenters. The van der Waals surface area contributed by atoms with Crippen LogP contribution < -0.4 is 4.57 Å². The third kappa shape index (κ3) is 1.61. The Morgan fingerprint density at radius 2 is 2.12 bits per heavy atom. The molecule has 1 nitrogen and oxygen atoms in total. The number of hydrogen-bond donors (Lipinski definition) is 0. The van der Waals surface area contributed by atoms with Crippen LogP contribution in [0.4, 0.5) is 0 Å². The summed E-state index contributed by atoms with van der Waals surface area (Å²) in [5, 5.41) is 2.66. The van der Waals surface area contributed by atoms with Crippen molar-refractivity contribution in [2.24, 2.45) is 0 Å². The van der Waals surface area contributed by atoms with Gasteiger partial charge < -0.3 is 0 Å². The molecule has 0 saturated carbocycles. The summed E-state index contributed by atoms with van der Waals surface area (Å²) in [4.78, 5) is 0. The van der Waals surface area contributed by atoms with Crippen molar-refractivity contribution in [2.75, 3.05) is 10.2 Å². The Labute approximate surface area is 121 Å². The first-order valence-corrected chi connectivity index (χ1v) is 8.37. The summed E-state index contributed by atoms with van der Waals surface area (Å²) in [7, 11) is 0. The molecule has 0 aliphatic carbocycles. The summed E-state index contributed by atoms with van der Waals surface area (Å²) in [6.45, 7) is 0. The van der Waals surface area contributed by atoms with Crippen LogP contribution in [0, 0.1) is 0 Å².